The number of nitrogens with zero attached hydrogens (tertiary/aromatic N) is 3. The molecule has 0 aliphatic heterocycles. The Labute approximate surface area is 119 Å². The highest BCUT2D eigenvalue weighted by molar-refractivity contribution is 5.97. The molecular weight excluding hydrogens is 252 g/mol. The third-order valence-corrected chi connectivity index (χ3v) is 3.28. The second kappa shape index (κ2) is 5.88. The molecule has 2 aromatic rings. The molecule has 0 radical (unpaired) electrons. The van der Waals surface area contributed by atoms with Gasteiger partial charge in [0.1, 0.15) is 6.04 Å². The van der Waals surface area contributed by atoms with Crippen molar-refractivity contribution in [2.75, 3.05) is 11.4 Å². The van der Waals surface area contributed by atoms with Gasteiger partial charge in [-0.15, -0.1) is 0 Å². The number of hydrogen-bond acceptors (Lipinski definition) is 3. The predicted octanol–water partition coefficient (Wildman–Crippen LogP) is 1.78. The largest absolute Gasteiger partial charge is 0.316 e. The van der Waals surface area contributed by atoms with E-state index in [1.54, 1.807) is 29.0 Å². The molecule has 0 saturated carbocycles. The van der Waals surface area contributed by atoms with E-state index in [2.05, 4.69) is 5.10 Å². The molecule has 0 spiro atoms. The third-order valence-electron chi connectivity index (χ3n) is 3.28. The molecule has 1 aromatic carbocycles. The maximum absolute atomic E-state index is 12.5. The fourth-order valence-corrected chi connectivity index (χ4v) is 2.10. The molecule has 0 bridgehead atoms. The lowest BCUT2D eigenvalue weighted by molar-refractivity contribution is -0.119. The van der Waals surface area contributed by atoms with Gasteiger partial charge < -0.3 is 10.6 Å². The van der Waals surface area contributed by atoms with Crippen molar-refractivity contribution in [2.45, 2.75) is 19.9 Å². The zero-order valence-electron chi connectivity index (χ0n) is 12.1. The van der Waals surface area contributed by atoms with Gasteiger partial charge in [-0.2, -0.15) is 5.10 Å². The third kappa shape index (κ3) is 2.88. The normalized spacial score (nSPS) is 12.2. The number of rotatable bonds is 4. The van der Waals surface area contributed by atoms with E-state index in [-0.39, 0.29) is 5.91 Å². The quantitative estimate of drug-likeness (QED) is 0.922. The molecule has 5 nitrogen and oxygen atoms in total. The van der Waals surface area contributed by atoms with Crippen molar-refractivity contribution in [3.63, 3.8) is 0 Å². The van der Waals surface area contributed by atoms with E-state index in [4.69, 9.17) is 5.73 Å². The van der Waals surface area contributed by atoms with Gasteiger partial charge in [-0.1, -0.05) is 17.7 Å². The summed E-state index contributed by atoms with van der Waals surface area (Å²) in [4.78, 5) is 14.2. The van der Waals surface area contributed by atoms with Crippen LogP contribution in [0, 0.1) is 6.92 Å². The number of aryl methyl sites for hydroxylation is 2. The summed E-state index contributed by atoms with van der Waals surface area (Å²) in [6.45, 7) is 4.53. The van der Waals surface area contributed by atoms with Crippen LogP contribution in [0.4, 0.5) is 5.69 Å². The van der Waals surface area contributed by atoms with Crippen molar-refractivity contribution >= 4 is 11.6 Å². The maximum atomic E-state index is 12.5. The second-order valence-corrected chi connectivity index (χ2v) is 4.84. The molecular formula is C15H20N4O. The first-order valence-electron chi connectivity index (χ1n) is 6.65. The van der Waals surface area contributed by atoms with Gasteiger partial charge in [-0.25, -0.2) is 0 Å². The average molecular weight is 272 g/mol. The average Bonchev–Trinajstić information content (AvgIpc) is 2.87. The van der Waals surface area contributed by atoms with Crippen LogP contribution >= 0.6 is 0 Å². The Bertz CT molecular complexity index is 588. The SMILES string of the molecule is CCN(C(=O)C(N)c1cnn(C)c1)c1ccc(C)cc1. The van der Waals surface area contributed by atoms with Crippen LogP contribution in [0.3, 0.4) is 0 Å². The van der Waals surface area contributed by atoms with Crippen molar-refractivity contribution in [1.82, 2.24) is 9.78 Å². The Balaban J connectivity index is 2.22. The maximum Gasteiger partial charge on any atom is 0.248 e. The lowest BCUT2D eigenvalue weighted by Gasteiger charge is -2.24. The van der Waals surface area contributed by atoms with Crippen LogP contribution in [-0.4, -0.2) is 22.2 Å². The Morgan fingerprint density at radius 2 is 2.05 bits per heavy atom. The molecule has 1 atom stereocenters. The smallest absolute Gasteiger partial charge is 0.248 e. The van der Waals surface area contributed by atoms with E-state index in [9.17, 15) is 4.79 Å². The van der Waals surface area contributed by atoms with Crippen molar-refractivity contribution in [2.24, 2.45) is 12.8 Å². The van der Waals surface area contributed by atoms with Gasteiger partial charge in [0.2, 0.25) is 5.91 Å². The highest BCUT2D eigenvalue weighted by atomic mass is 16.2. The van der Waals surface area contributed by atoms with E-state index in [1.807, 2.05) is 38.1 Å². The predicted molar refractivity (Wildman–Crippen MR) is 79.3 cm³/mol. The van der Waals surface area contributed by atoms with Gasteiger partial charge in [-0.3, -0.25) is 9.48 Å². The lowest BCUT2D eigenvalue weighted by Crippen LogP contribution is -2.38. The number of benzene rings is 1. The lowest BCUT2D eigenvalue weighted by atomic mass is 10.1. The molecule has 0 aliphatic rings. The first-order chi connectivity index (χ1) is 9.52. The van der Waals surface area contributed by atoms with E-state index >= 15 is 0 Å². The van der Waals surface area contributed by atoms with Gasteiger partial charge in [0.25, 0.3) is 0 Å². The Morgan fingerprint density at radius 3 is 2.55 bits per heavy atom. The molecule has 2 N–H and O–H groups in total. The molecule has 0 aliphatic carbocycles. The van der Waals surface area contributed by atoms with Crippen LogP contribution in [0.1, 0.15) is 24.1 Å². The van der Waals surface area contributed by atoms with Crippen LogP contribution in [0.5, 0.6) is 0 Å². The van der Waals surface area contributed by atoms with E-state index in [1.165, 1.54) is 0 Å². The van der Waals surface area contributed by atoms with E-state index < -0.39 is 6.04 Å². The van der Waals surface area contributed by atoms with Crippen LogP contribution in [0.2, 0.25) is 0 Å². The van der Waals surface area contributed by atoms with E-state index in [0.717, 1.165) is 16.8 Å². The summed E-state index contributed by atoms with van der Waals surface area (Å²) < 4.78 is 1.64. The standard InChI is InChI=1S/C15H20N4O/c1-4-19(13-7-5-11(2)6-8-13)15(20)14(16)12-9-17-18(3)10-12/h5-10,14H,4,16H2,1-3H3. The minimum absolute atomic E-state index is 0.121. The van der Waals surface area contributed by atoms with Gasteiger partial charge in [0.05, 0.1) is 6.20 Å². The van der Waals surface area contributed by atoms with E-state index in [0.29, 0.717) is 6.54 Å². The van der Waals surface area contributed by atoms with Crippen molar-refractivity contribution in [3.8, 4) is 0 Å². The fourth-order valence-electron chi connectivity index (χ4n) is 2.10. The minimum Gasteiger partial charge on any atom is -0.316 e. The van der Waals surface area contributed by atoms with Crippen LogP contribution in [-0.2, 0) is 11.8 Å². The number of likely N-dealkylation sites (N-methyl/N-ethyl adjacent to an activating group) is 1. The van der Waals surface area contributed by atoms with Gasteiger partial charge in [0, 0.05) is 31.0 Å². The Morgan fingerprint density at radius 1 is 1.40 bits per heavy atom. The van der Waals surface area contributed by atoms with Crippen LogP contribution in [0.25, 0.3) is 0 Å². The zero-order chi connectivity index (χ0) is 14.7. The topological polar surface area (TPSA) is 64.2 Å². The Hall–Kier alpha value is -2.14. The molecule has 1 amide bonds. The van der Waals surface area contributed by atoms with Gasteiger partial charge in [0.15, 0.2) is 0 Å². The number of carbonyl (C=O) groups excluding carboxylic acids is 1. The number of amides is 1. The number of aromatic nitrogens is 2. The number of anilines is 1. The summed E-state index contributed by atoms with van der Waals surface area (Å²) in [5.41, 5.74) is 8.80. The second-order valence-electron chi connectivity index (χ2n) is 4.84. The summed E-state index contributed by atoms with van der Waals surface area (Å²) in [5, 5.41) is 4.06. The number of nitrogens with two attached hydrogens (primary N) is 1. The molecule has 1 aromatic heterocycles. The first-order valence-corrected chi connectivity index (χ1v) is 6.65. The van der Waals surface area contributed by atoms with Gasteiger partial charge >= 0.3 is 0 Å². The van der Waals surface area contributed by atoms with Crippen LogP contribution in [0.15, 0.2) is 36.7 Å². The summed E-state index contributed by atoms with van der Waals surface area (Å²) in [6.07, 6.45) is 3.40. The summed E-state index contributed by atoms with van der Waals surface area (Å²) in [5.74, 6) is -0.121. The monoisotopic (exact) mass is 272 g/mol. The van der Waals surface area contributed by atoms with Crippen molar-refractivity contribution in [3.05, 3.63) is 47.8 Å². The van der Waals surface area contributed by atoms with Gasteiger partial charge in [-0.05, 0) is 26.0 Å². The molecule has 0 fully saturated rings. The summed E-state index contributed by atoms with van der Waals surface area (Å²) >= 11 is 0. The minimum atomic E-state index is -0.690. The van der Waals surface area contributed by atoms with Crippen molar-refractivity contribution in [1.29, 1.82) is 0 Å². The molecule has 0 saturated heterocycles. The molecule has 1 unspecified atom stereocenters. The van der Waals surface area contributed by atoms with Crippen LogP contribution < -0.4 is 10.6 Å². The Kier molecular flexibility index (Phi) is 4.20. The molecule has 1 heterocycles. The summed E-state index contributed by atoms with van der Waals surface area (Å²) in [6, 6.07) is 7.16. The first kappa shape index (κ1) is 14.3. The fraction of sp³-hybridized carbons (Fsp3) is 0.333. The number of carbonyl (C=O) groups is 1. The highest BCUT2D eigenvalue weighted by Crippen LogP contribution is 2.20. The highest BCUT2D eigenvalue weighted by Gasteiger charge is 2.23. The summed E-state index contributed by atoms with van der Waals surface area (Å²) in [7, 11) is 1.80. The van der Waals surface area contributed by atoms with Crippen molar-refractivity contribution < 1.29 is 4.79 Å². The molecule has 20 heavy (non-hydrogen) atoms. The molecule has 2 rings (SSSR count). The molecule has 106 valence electrons. The number of hydrogen-bond donors (Lipinski definition) is 1. The molecule has 5 heteroatoms. The zero-order valence-corrected chi connectivity index (χ0v) is 12.1.